The third-order valence-electron chi connectivity index (χ3n) is 21.3. The summed E-state index contributed by atoms with van der Waals surface area (Å²) in [5.74, 6) is -1.89. The molecule has 0 aromatic heterocycles. The third kappa shape index (κ3) is 32.8. The molecule has 5 rings (SSSR count). The first-order valence-electron chi connectivity index (χ1n) is 41.1. The molecule has 5 heterocycles. The van der Waals surface area contributed by atoms with E-state index in [9.17, 15) is 91.0 Å². The highest BCUT2D eigenvalue weighted by molar-refractivity contribution is 5.76. The third-order valence-corrected chi connectivity index (χ3v) is 21.3. The molecule has 5 aliphatic heterocycles. The quantitative estimate of drug-likeness (QED) is 0.0307. The Labute approximate surface area is 645 Å². The van der Waals surface area contributed by atoms with Gasteiger partial charge in [0, 0.05) is 20.3 Å². The van der Waals surface area contributed by atoms with Crippen molar-refractivity contribution in [3.63, 3.8) is 0 Å². The van der Waals surface area contributed by atoms with Gasteiger partial charge in [0.05, 0.1) is 51.8 Å². The molecule has 0 aromatic carbocycles. The van der Waals surface area contributed by atoms with Gasteiger partial charge >= 0.3 is 0 Å². The molecule has 10 unspecified atom stereocenters. The lowest BCUT2D eigenvalue weighted by molar-refractivity contribution is -0.385. The highest BCUT2D eigenvalue weighted by Crippen LogP contribution is 2.37. The molecule has 31 nitrogen and oxygen atoms in total. The number of rotatable bonds is 56. The van der Waals surface area contributed by atoms with E-state index < -0.39 is 217 Å². The van der Waals surface area contributed by atoms with Crippen molar-refractivity contribution < 1.29 is 138 Å². The minimum absolute atomic E-state index is 0.188. The summed E-state index contributed by atoms with van der Waals surface area (Å²) in [4.78, 5) is 38.6. The van der Waals surface area contributed by atoms with Gasteiger partial charge in [-0.2, -0.15) is 0 Å². The van der Waals surface area contributed by atoms with Crippen LogP contribution in [0.5, 0.6) is 0 Å². The molecule has 18 N–H and O–H groups in total. The minimum atomic E-state index is -2.16. The van der Waals surface area contributed by atoms with Gasteiger partial charge in [-0.15, -0.1) is 0 Å². The van der Waals surface area contributed by atoms with Gasteiger partial charge in [-0.1, -0.05) is 205 Å². The van der Waals surface area contributed by atoms with Crippen LogP contribution in [-0.4, -0.2) is 300 Å². The molecule has 5 saturated heterocycles. The predicted octanol–water partition coefficient (Wildman–Crippen LogP) is 2.65. The van der Waals surface area contributed by atoms with Gasteiger partial charge in [-0.05, 0) is 44.9 Å². The van der Waals surface area contributed by atoms with Crippen molar-refractivity contribution in [2.45, 2.75) is 412 Å². The Kier molecular flexibility index (Phi) is 48.4. The fourth-order valence-electron chi connectivity index (χ4n) is 14.7. The van der Waals surface area contributed by atoms with Gasteiger partial charge < -0.3 is 140 Å². The van der Waals surface area contributed by atoms with Crippen molar-refractivity contribution >= 4 is 17.7 Å². The van der Waals surface area contributed by atoms with Gasteiger partial charge in [0.15, 0.2) is 31.5 Å². The zero-order chi connectivity index (χ0) is 79.6. The maximum atomic E-state index is 13.6. The molecule has 0 spiro atoms. The number of unbranched alkanes of at least 4 members (excludes halogenated alkanes) is 30. The standard InChI is InChI=1S/C78H141N3O28/c1-5-7-9-11-13-15-17-19-20-21-22-23-24-25-26-27-28-30-32-34-36-38-40-42-58(90)81-51(52(89)41-39-37-35-33-31-29-18-16-14-12-10-8-6-2)48-100-76-67(97)66(96)71(57(47-86)105-76)107-78-69(99)73(63(93)55(45-84)103-78)109-75-60(80-50(4)88)65(95)70(56(46-85)104-75)106-77-68(98)72(62(92)54(44-83)102-77)108-74-59(79-49(3)87)64(94)61(91)53(43-82)101-74/h19-20,39,41,51-57,59-78,82-86,89,91-99H,5-18,21-38,40,42-48H2,1-4H3,(H,79,87)(H,80,88)(H,81,90)/b20-19-,41-39+/t51-,52+,53?,54?,55?,56?,57?,59?,60?,61+,62-,63-,64+,65+,66+,67?,68?,69?,70+,71+,72-,73-,74+,75-,76+,77-,78-/m0/s1. The molecular weight excluding hydrogens is 1430 g/mol. The van der Waals surface area contributed by atoms with Gasteiger partial charge in [0.1, 0.15) is 122 Å². The van der Waals surface area contributed by atoms with E-state index in [1.165, 1.54) is 148 Å². The lowest BCUT2D eigenvalue weighted by Gasteiger charge is -2.50. The van der Waals surface area contributed by atoms with Gasteiger partial charge in [-0.25, -0.2) is 0 Å². The van der Waals surface area contributed by atoms with E-state index in [4.69, 9.17) is 47.4 Å². The van der Waals surface area contributed by atoms with E-state index in [2.05, 4.69) is 41.9 Å². The fourth-order valence-corrected chi connectivity index (χ4v) is 14.7. The first kappa shape index (κ1) is 96.5. The second kappa shape index (κ2) is 54.7. The molecule has 0 aliphatic carbocycles. The molecule has 0 bridgehead atoms. The number of carbonyl (C=O) groups excluding carboxylic acids is 3. The van der Waals surface area contributed by atoms with Crippen molar-refractivity contribution in [3.05, 3.63) is 24.3 Å². The van der Waals surface area contributed by atoms with Crippen molar-refractivity contribution in [3.8, 4) is 0 Å². The Morgan fingerprint density at radius 2 is 0.688 bits per heavy atom. The van der Waals surface area contributed by atoms with E-state index in [1.807, 2.05) is 6.08 Å². The molecule has 109 heavy (non-hydrogen) atoms. The number of amides is 3. The summed E-state index contributed by atoms with van der Waals surface area (Å²) in [5.41, 5.74) is 0. The normalized spacial score (nSPS) is 33.7. The van der Waals surface area contributed by atoms with Gasteiger partial charge in [0.2, 0.25) is 17.7 Å². The Hall–Kier alpha value is -3.11. The van der Waals surface area contributed by atoms with E-state index in [0.717, 1.165) is 65.2 Å². The average molecular weight is 1570 g/mol. The van der Waals surface area contributed by atoms with Gasteiger partial charge in [0.25, 0.3) is 0 Å². The zero-order valence-electron chi connectivity index (χ0n) is 65.2. The van der Waals surface area contributed by atoms with Crippen LogP contribution >= 0.6 is 0 Å². The van der Waals surface area contributed by atoms with Crippen LogP contribution in [0.15, 0.2) is 24.3 Å². The summed E-state index contributed by atoms with van der Waals surface area (Å²) in [6.07, 6.45) is 3.01. The summed E-state index contributed by atoms with van der Waals surface area (Å²) in [7, 11) is 0. The number of hydrogen-bond acceptors (Lipinski definition) is 28. The van der Waals surface area contributed by atoms with Crippen LogP contribution in [0.3, 0.4) is 0 Å². The van der Waals surface area contributed by atoms with Gasteiger partial charge in [-0.3, -0.25) is 14.4 Å². The minimum Gasteiger partial charge on any atom is -0.394 e. The zero-order valence-corrected chi connectivity index (χ0v) is 65.2. The smallest absolute Gasteiger partial charge is 0.220 e. The summed E-state index contributed by atoms with van der Waals surface area (Å²) < 4.78 is 59.1. The molecule has 636 valence electrons. The molecule has 0 radical (unpaired) electrons. The number of carbonyl (C=O) groups is 3. The van der Waals surface area contributed by atoms with Crippen molar-refractivity contribution in [1.29, 1.82) is 0 Å². The number of aliphatic hydroxyl groups is 15. The molecule has 27 atom stereocenters. The number of hydrogen-bond donors (Lipinski definition) is 18. The second-order valence-electron chi connectivity index (χ2n) is 30.3. The van der Waals surface area contributed by atoms with E-state index >= 15 is 0 Å². The fraction of sp³-hybridized carbons (Fsp3) is 0.910. The Morgan fingerprint density at radius 1 is 0.358 bits per heavy atom. The highest BCUT2D eigenvalue weighted by Gasteiger charge is 2.57. The monoisotopic (exact) mass is 1570 g/mol. The molecule has 0 saturated carbocycles. The number of aliphatic hydroxyl groups excluding tert-OH is 15. The largest absolute Gasteiger partial charge is 0.394 e. The maximum Gasteiger partial charge on any atom is 0.220 e. The lowest BCUT2D eigenvalue weighted by atomic mass is 9.94. The van der Waals surface area contributed by atoms with Crippen LogP contribution in [0.4, 0.5) is 0 Å². The summed E-state index contributed by atoms with van der Waals surface area (Å²) >= 11 is 0. The van der Waals surface area contributed by atoms with Crippen LogP contribution in [0.25, 0.3) is 0 Å². The summed E-state index contributed by atoms with van der Waals surface area (Å²) in [6.45, 7) is 1.40. The number of allylic oxidation sites excluding steroid dienone is 3. The Balaban J connectivity index is 1.17. The lowest BCUT2D eigenvalue weighted by Crippen LogP contribution is -2.70. The molecule has 31 heteroatoms. The van der Waals surface area contributed by atoms with Crippen LogP contribution in [-0.2, 0) is 61.8 Å². The van der Waals surface area contributed by atoms with Crippen molar-refractivity contribution in [1.82, 2.24) is 16.0 Å². The molecule has 0 aromatic rings. The Bertz CT molecular complexity index is 2460. The SMILES string of the molecule is CCCCCCCC/C=C\CCCCCCCCCCCCCCCC(=O)N[C@@H](CO[C@@H]1OC(CO)[C@@H](O[C@@H]2OC(CO)[C@H](O)[C@H](O[C@@H]3OC(CO)[C@@H](O[C@@H]4OC(CO)[C@H](O)[C@H](O[C@H]5OC(CO)[C@@H](O)[C@H](O)C5NC(C)=O)C4O)[C@H](O)C3NC(C)=O)C2O)[C@H](O)C1O)[C@H](O)/C=C/CCCCCCCCCCCCC. The number of nitrogens with one attached hydrogen (secondary N) is 3. The van der Waals surface area contributed by atoms with E-state index in [1.54, 1.807) is 6.08 Å². The Morgan fingerprint density at radius 3 is 1.09 bits per heavy atom. The van der Waals surface area contributed by atoms with Crippen LogP contribution in [0.2, 0.25) is 0 Å². The van der Waals surface area contributed by atoms with Crippen LogP contribution in [0, 0.1) is 0 Å². The van der Waals surface area contributed by atoms with E-state index in [-0.39, 0.29) is 12.3 Å². The number of ether oxygens (including phenoxy) is 10. The highest BCUT2D eigenvalue weighted by atomic mass is 16.8. The molecule has 5 aliphatic rings. The first-order valence-corrected chi connectivity index (χ1v) is 41.1. The summed E-state index contributed by atoms with van der Waals surface area (Å²) in [6, 6.07) is -4.40. The average Bonchev–Trinajstić information content (AvgIpc) is 0.787. The topological polar surface area (TPSA) is 483 Å². The maximum absolute atomic E-state index is 13.6. The van der Waals surface area contributed by atoms with Crippen LogP contribution in [0.1, 0.15) is 246 Å². The van der Waals surface area contributed by atoms with E-state index in [0.29, 0.717) is 12.8 Å². The van der Waals surface area contributed by atoms with Crippen LogP contribution < -0.4 is 16.0 Å². The van der Waals surface area contributed by atoms with Crippen molar-refractivity contribution in [2.75, 3.05) is 39.6 Å². The molecule has 3 amide bonds. The predicted molar refractivity (Wildman–Crippen MR) is 398 cm³/mol. The molecular formula is C78H141N3O28. The molecule has 5 fully saturated rings. The summed E-state index contributed by atoms with van der Waals surface area (Å²) in [5, 5.41) is 175. The first-order chi connectivity index (χ1) is 52.6. The van der Waals surface area contributed by atoms with Crippen molar-refractivity contribution in [2.24, 2.45) is 0 Å². The second-order valence-corrected chi connectivity index (χ2v) is 30.3.